The first-order valence-electron chi connectivity index (χ1n) is 4.74. The van der Waals surface area contributed by atoms with Crippen LogP contribution in [0.5, 0.6) is 0 Å². The predicted octanol–water partition coefficient (Wildman–Crippen LogP) is 2.85. The van der Waals surface area contributed by atoms with Crippen molar-refractivity contribution in [3.05, 3.63) is 40.3 Å². The van der Waals surface area contributed by atoms with E-state index in [9.17, 15) is 0 Å². The largest absolute Gasteiger partial charge is 0.237 e. The normalized spacial score (nSPS) is 10.7. The molecule has 78 valence electrons. The Bertz CT molecular complexity index is 503. The molecule has 0 aromatic carbocycles. The minimum Gasteiger partial charge on any atom is -0.237 e. The maximum atomic E-state index is 6.16. The van der Waals surface area contributed by atoms with Gasteiger partial charge in [-0.1, -0.05) is 11.6 Å². The zero-order chi connectivity index (χ0) is 11.0. The van der Waals surface area contributed by atoms with Crippen LogP contribution in [0.3, 0.4) is 0 Å². The van der Waals surface area contributed by atoms with Gasteiger partial charge in [-0.15, -0.1) is 0 Å². The molecule has 0 unspecified atom stereocenters. The number of aromatic nitrogens is 3. The lowest BCUT2D eigenvalue weighted by Crippen LogP contribution is -1.99. The fraction of sp³-hybridized carbons (Fsp3) is 0.273. The van der Waals surface area contributed by atoms with Crippen LogP contribution in [-0.4, -0.2) is 14.8 Å². The molecule has 0 aliphatic heterocycles. The third kappa shape index (κ3) is 1.75. The Kier molecular flexibility index (Phi) is 2.49. The molecule has 2 heterocycles. The monoisotopic (exact) mass is 221 g/mol. The highest BCUT2D eigenvalue weighted by Gasteiger charge is 2.11. The van der Waals surface area contributed by atoms with Crippen LogP contribution in [0.2, 0.25) is 5.15 Å². The molecular weight excluding hydrogens is 210 g/mol. The van der Waals surface area contributed by atoms with E-state index in [4.69, 9.17) is 11.6 Å². The molecule has 0 fully saturated rings. The highest BCUT2D eigenvalue weighted by Crippen LogP contribution is 2.21. The molecule has 0 spiro atoms. The number of pyridine rings is 1. The van der Waals surface area contributed by atoms with E-state index in [0.717, 1.165) is 22.6 Å². The lowest BCUT2D eigenvalue weighted by Gasteiger charge is -2.02. The van der Waals surface area contributed by atoms with E-state index >= 15 is 0 Å². The van der Waals surface area contributed by atoms with Crippen molar-refractivity contribution in [2.24, 2.45) is 0 Å². The molecule has 0 saturated carbocycles. The van der Waals surface area contributed by atoms with Gasteiger partial charge in [-0.3, -0.25) is 0 Å². The number of hydrogen-bond acceptors (Lipinski definition) is 2. The first kappa shape index (κ1) is 10.2. The zero-order valence-corrected chi connectivity index (χ0v) is 9.71. The Hall–Kier alpha value is -1.35. The number of halogens is 1. The van der Waals surface area contributed by atoms with E-state index in [1.807, 2.05) is 32.9 Å². The van der Waals surface area contributed by atoms with Crippen LogP contribution >= 0.6 is 11.6 Å². The van der Waals surface area contributed by atoms with Crippen LogP contribution in [0.15, 0.2) is 18.3 Å². The van der Waals surface area contributed by atoms with E-state index in [2.05, 4.69) is 10.1 Å². The van der Waals surface area contributed by atoms with Gasteiger partial charge < -0.3 is 0 Å². The van der Waals surface area contributed by atoms with Crippen LogP contribution in [0.25, 0.3) is 5.82 Å². The van der Waals surface area contributed by atoms with Gasteiger partial charge in [0.25, 0.3) is 0 Å². The molecule has 0 saturated heterocycles. The second-order valence-electron chi connectivity index (χ2n) is 3.60. The van der Waals surface area contributed by atoms with E-state index < -0.39 is 0 Å². The van der Waals surface area contributed by atoms with Crippen molar-refractivity contribution in [1.29, 1.82) is 0 Å². The standard InChI is InChI=1S/C11H12ClN3/c1-7-4-5-13-10(6-7)15-11(12)8(2)9(3)14-15/h4-6H,1-3H3. The van der Waals surface area contributed by atoms with Gasteiger partial charge in [0.05, 0.1) is 5.69 Å². The Morgan fingerprint density at radius 3 is 2.53 bits per heavy atom. The Labute approximate surface area is 93.7 Å². The molecule has 2 aromatic heterocycles. The number of hydrogen-bond donors (Lipinski definition) is 0. The minimum atomic E-state index is 0.630. The summed E-state index contributed by atoms with van der Waals surface area (Å²) in [6.07, 6.45) is 1.76. The van der Waals surface area contributed by atoms with Gasteiger partial charge >= 0.3 is 0 Å². The lowest BCUT2D eigenvalue weighted by atomic mass is 10.3. The molecule has 3 nitrogen and oxygen atoms in total. The molecule has 15 heavy (non-hydrogen) atoms. The Morgan fingerprint density at radius 2 is 2.00 bits per heavy atom. The highest BCUT2D eigenvalue weighted by molar-refractivity contribution is 6.30. The van der Waals surface area contributed by atoms with Gasteiger partial charge in [-0.25, -0.2) is 9.67 Å². The van der Waals surface area contributed by atoms with Crippen molar-refractivity contribution in [3.8, 4) is 5.82 Å². The van der Waals surface area contributed by atoms with Crippen LogP contribution in [-0.2, 0) is 0 Å². The molecule has 4 heteroatoms. The molecule has 0 radical (unpaired) electrons. The van der Waals surface area contributed by atoms with Gasteiger partial charge in [0.1, 0.15) is 5.15 Å². The average molecular weight is 222 g/mol. The molecular formula is C11H12ClN3. The summed E-state index contributed by atoms with van der Waals surface area (Å²) in [6.45, 7) is 5.91. The summed E-state index contributed by atoms with van der Waals surface area (Å²) in [7, 11) is 0. The molecule has 0 N–H and O–H groups in total. The lowest BCUT2D eigenvalue weighted by molar-refractivity contribution is 0.831. The third-order valence-electron chi connectivity index (χ3n) is 2.41. The maximum absolute atomic E-state index is 6.16. The topological polar surface area (TPSA) is 30.7 Å². The third-order valence-corrected chi connectivity index (χ3v) is 2.85. The van der Waals surface area contributed by atoms with Crippen molar-refractivity contribution in [2.75, 3.05) is 0 Å². The molecule has 0 bridgehead atoms. The average Bonchev–Trinajstić information content (AvgIpc) is 2.46. The Morgan fingerprint density at radius 1 is 1.27 bits per heavy atom. The summed E-state index contributed by atoms with van der Waals surface area (Å²) in [4.78, 5) is 4.24. The van der Waals surface area contributed by atoms with E-state index in [1.165, 1.54) is 0 Å². The summed E-state index contributed by atoms with van der Waals surface area (Å²) in [5.41, 5.74) is 3.07. The van der Waals surface area contributed by atoms with Crippen molar-refractivity contribution in [1.82, 2.24) is 14.8 Å². The SMILES string of the molecule is Cc1ccnc(-n2nc(C)c(C)c2Cl)c1. The highest BCUT2D eigenvalue weighted by atomic mass is 35.5. The second-order valence-corrected chi connectivity index (χ2v) is 3.96. The number of rotatable bonds is 1. The van der Waals surface area contributed by atoms with Crippen LogP contribution in [0.4, 0.5) is 0 Å². The van der Waals surface area contributed by atoms with Crippen molar-refractivity contribution >= 4 is 11.6 Å². The van der Waals surface area contributed by atoms with Gasteiger partial charge in [0.15, 0.2) is 5.82 Å². The van der Waals surface area contributed by atoms with Crippen molar-refractivity contribution in [3.63, 3.8) is 0 Å². The molecule has 2 rings (SSSR count). The summed E-state index contributed by atoms with van der Waals surface area (Å²) in [5.74, 6) is 0.760. The molecule has 0 atom stereocenters. The summed E-state index contributed by atoms with van der Waals surface area (Å²) in [6, 6.07) is 3.90. The molecule has 0 amide bonds. The van der Waals surface area contributed by atoms with E-state index in [-0.39, 0.29) is 0 Å². The minimum absolute atomic E-state index is 0.630. The molecule has 0 aliphatic carbocycles. The smallest absolute Gasteiger partial charge is 0.155 e. The number of nitrogens with zero attached hydrogens (tertiary/aromatic N) is 3. The van der Waals surface area contributed by atoms with Crippen molar-refractivity contribution in [2.45, 2.75) is 20.8 Å². The first-order chi connectivity index (χ1) is 7.09. The predicted molar refractivity (Wildman–Crippen MR) is 60.6 cm³/mol. The Balaban J connectivity index is 2.59. The van der Waals surface area contributed by atoms with Gasteiger partial charge in [-0.05, 0) is 38.5 Å². The van der Waals surface area contributed by atoms with Gasteiger partial charge in [0, 0.05) is 11.8 Å². The zero-order valence-electron chi connectivity index (χ0n) is 8.95. The van der Waals surface area contributed by atoms with E-state index in [1.54, 1.807) is 10.9 Å². The second kappa shape index (κ2) is 3.66. The number of aryl methyl sites for hydroxylation is 2. The molecule has 2 aromatic rings. The first-order valence-corrected chi connectivity index (χ1v) is 5.12. The van der Waals surface area contributed by atoms with Gasteiger partial charge in [-0.2, -0.15) is 5.10 Å². The van der Waals surface area contributed by atoms with E-state index in [0.29, 0.717) is 5.15 Å². The van der Waals surface area contributed by atoms with Gasteiger partial charge in [0.2, 0.25) is 0 Å². The van der Waals surface area contributed by atoms with Crippen molar-refractivity contribution < 1.29 is 0 Å². The summed E-state index contributed by atoms with van der Waals surface area (Å²) >= 11 is 6.16. The van der Waals surface area contributed by atoms with Crippen LogP contribution < -0.4 is 0 Å². The fourth-order valence-corrected chi connectivity index (χ4v) is 1.63. The fourth-order valence-electron chi connectivity index (χ4n) is 1.36. The maximum Gasteiger partial charge on any atom is 0.155 e. The van der Waals surface area contributed by atoms with Crippen LogP contribution in [0, 0.1) is 20.8 Å². The van der Waals surface area contributed by atoms with Crippen LogP contribution in [0.1, 0.15) is 16.8 Å². The summed E-state index contributed by atoms with van der Waals surface area (Å²) < 4.78 is 1.67. The quantitative estimate of drug-likeness (QED) is 0.742. The molecule has 0 aliphatic rings. The summed E-state index contributed by atoms with van der Waals surface area (Å²) in [5, 5.41) is 4.97.